The van der Waals surface area contributed by atoms with Gasteiger partial charge in [-0.1, -0.05) is 0 Å². The largest absolute Gasteiger partial charge is 0 e. The average molecular weight is 505 g/mol. The van der Waals surface area contributed by atoms with E-state index in [1.165, 1.54) is 0 Å². The zero-order chi connectivity index (χ0) is 2.00. The van der Waals surface area contributed by atoms with Crippen LogP contribution >= 0.6 is 0 Å². The molecule has 0 unspecified atom stereocenters. The van der Waals surface area contributed by atoms with E-state index < -0.39 is 0 Å². The quantitative estimate of drug-likeness (QED) is 0.407. The molecule has 0 atom stereocenters. The van der Waals surface area contributed by atoms with Crippen molar-refractivity contribution in [1.29, 1.82) is 0 Å². The summed E-state index contributed by atoms with van der Waals surface area (Å²) in [6.45, 7) is 0. The maximum absolute atomic E-state index is 3.26. The van der Waals surface area contributed by atoms with Gasteiger partial charge in [-0.3, -0.25) is 0 Å². The van der Waals surface area contributed by atoms with E-state index in [4.69, 9.17) is 0 Å². The molecule has 0 aromatic rings. The van der Waals surface area contributed by atoms with Crippen LogP contribution in [0.5, 0.6) is 0 Å². The van der Waals surface area contributed by atoms with E-state index in [1.807, 2.05) is 0 Å². The third-order valence-electron chi connectivity index (χ3n) is 0. The van der Waals surface area contributed by atoms with E-state index >= 15 is 0 Å². The minimum Gasteiger partial charge on any atom is 0 e. The fourth-order valence-electron chi connectivity index (χ4n) is 0. The summed E-state index contributed by atoms with van der Waals surface area (Å²) in [4.78, 5) is 0. The maximum atomic E-state index is 3.26. The first-order valence-corrected chi connectivity index (χ1v) is 3.52. The average Bonchev–Trinajstić information content (AvgIpc) is 1.00. The van der Waals surface area contributed by atoms with Crippen LogP contribution in [-0.4, -0.2) is 0 Å². The molecule has 0 saturated carbocycles. The molecule has 45 valence electrons. The summed E-state index contributed by atoms with van der Waals surface area (Å²) in [6, 6.07) is 0. The van der Waals surface area contributed by atoms with Crippen LogP contribution in [0, 0.1) is 0 Å². The first kappa shape index (κ1) is 34.2. The molecule has 0 nitrogen and oxygen atoms in total. The third-order valence-corrected chi connectivity index (χ3v) is 0. The maximum Gasteiger partial charge on any atom is 0 e. The second-order valence-corrected chi connectivity index (χ2v) is 0. The molecule has 6 heteroatoms. The predicted molar refractivity (Wildman–Crippen MR) is 0 cm³/mol. The van der Waals surface area contributed by atoms with Gasteiger partial charge in [0.15, 0.2) is 0 Å². The molecule has 0 rings (SSSR count). The van der Waals surface area contributed by atoms with Gasteiger partial charge in [0, 0.05) is 71.7 Å². The van der Waals surface area contributed by atoms with E-state index in [0.29, 0.717) is 0 Å². The van der Waals surface area contributed by atoms with E-state index in [2.05, 4.69) is 13.4 Å². The minimum atomic E-state index is 0. The minimum absolute atomic E-state index is 0. The molecule has 0 saturated heterocycles. The van der Waals surface area contributed by atoms with Gasteiger partial charge < -0.3 is 0 Å². The standard InChI is InChI=1S/Co.Cr.Fe.Mo.Ni.W. The van der Waals surface area contributed by atoms with Crippen molar-refractivity contribution < 1.29 is 103 Å². The van der Waals surface area contributed by atoms with Gasteiger partial charge in [0.1, 0.15) is 0 Å². The van der Waals surface area contributed by atoms with Gasteiger partial charge in [0.05, 0.1) is 0 Å². The van der Waals surface area contributed by atoms with Crippen LogP contribution in [0.2, 0.25) is 0 Å². The molecule has 0 bridgehead atoms. The van der Waals surface area contributed by atoms with Crippen molar-refractivity contribution in [3.63, 3.8) is 0 Å². The van der Waals surface area contributed by atoms with Crippen molar-refractivity contribution in [2.75, 3.05) is 0 Å². The predicted octanol–water partition coefficient (Wildman–Crippen LogP) is -0.0150. The Morgan fingerprint density at radius 2 is 1.17 bits per heavy atom. The van der Waals surface area contributed by atoms with Gasteiger partial charge in [0.25, 0.3) is 0 Å². The summed E-state index contributed by atoms with van der Waals surface area (Å²) in [7, 11) is 0. The summed E-state index contributed by atoms with van der Waals surface area (Å²) in [6.07, 6.45) is 0. The van der Waals surface area contributed by atoms with Crippen molar-refractivity contribution >= 4 is 0 Å². The molecule has 0 aromatic carbocycles. The van der Waals surface area contributed by atoms with Crippen LogP contribution in [0.3, 0.4) is 0 Å². The number of hydrogen-bond acceptors (Lipinski definition) is 0. The van der Waals surface area contributed by atoms with E-state index in [0.717, 1.165) is 0 Å². The molecule has 0 aliphatic carbocycles. The summed E-state index contributed by atoms with van der Waals surface area (Å²) in [5, 5.41) is 0. The van der Waals surface area contributed by atoms with Crippen LogP contribution in [-0.2, 0) is 103 Å². The Bertz CT molecular complexity index is 15.5. The Morgan fingerprint density at radius 3 is 1.17 bits per heavy atom. The summed E-state index contributed by atoms with van der Waals surface area (Å²) in [5.74, 6) is 0. The molecule has 0 N–H and O–H groups in total. The fraction of sp³-hybridized carbons (Fsp3) is 0. The molecule has 0 aliphatic rings. The van der Waals surface area contributed by atoms with Crippen molar-refractivity contribution in [3.05, 3.63) is 0 Å². The van der Waals surface area contributed by atoms with Gasteiger partial charge in [-0.05, 0) is 0 Å². The number of rotatable bonds is 0. The monoisotopic (exact) mass is 507 g/mol. The zero-order valence-corrected chi connectivity index (χ0v) is 11.6. The Labute approximate surface area is 101 Å². The molecule has 0 amide bonds. The first-order valence-electron chi connectivity index (χ1n) is 0.144. The van der Waals surface area contributed by atoms with Gasteiger partial charge in [-0.25, -0.2) is 0 Å². The molecule has 0 spiro atoms. The van der Waals surface area contributed by atoms with Crippen molar-refractivity contribution in [1.82, 2.24) is 0 Å². The van der Waals surface area contributed by atoms with Gasteiger partial charge in [0.2, 0.25) is 0 Å². The van der Waals surface area contributed by atoms with Crippen LogP contribution in [0.4, 0.5) is 0 Å². The van der Waals surface area contributed by atoms with Crippen LogP contribution < -0.4 is 0 Å². The third kappa shape index (κ3) is 26.1. The van der Waals surface area contributed by atoms with Crippen molar-refractivity contribution in [2.45, 2.75) is 0 Å². The van der Waals surface area contributed by atoms with Crippen LogP contribution in [0.1, 0.15) is 0 Å². The van der Waals surface area contributed by atoms with Crippen molar-refractivity contribution in [2.24, 2.45) is 0 Å². The Morgan fingerprint density at radius 1 is 1.17 bits per heavy atom. The van der Waals surface area contributed by atoms with Gasteiger partial charge in [-0.15, -0.1) is 0 Å². The second kappa shape index (κ2) is 39.6. The Hall–Kier alpha value is 3.43. The second-order valence-electron chi connectivity index (χ2n) is 0. The van der Waals surface area contributed by atoms with E-state index in [1.54, 1.807) is 17.7 Å². The van der Waals surface area contributed by atoms with Crippen LogP contribution in [0.25, 0.3) is 0 Å². The topological polar surface area (TPSA) is 0 Å². The summed E-state index contributed by atoms with van der Waals surface area (Å²) < 4.78 is 0. The molecule has 0 fully saturated rings. The molecule has 0 aromatic heterocycles. The molecule has 6 heavy (non-hydrogen) atoms. The van der Waals surface area contributed by atoms with Gasteiger partial charge >= 0.3 is 31.1 Å². The Balaban J connectivity index is -0.000000000833. The molecular formula is CoCrFeMoNiW. The smallest absolute Gasteiger partial charge is 0 e. The Kier molecular flexibility index (Phi) is 225. The van der Waals surface area contributed by atoms with E-state index in [9.17, 15) is 0 Å². The normalized spacial score (nSPS) is 0.833. The summed E-state index contributed by atoms with van der Waals surface area (Å²) >= 11 is 4.96. The zero-order valence-electron chi connectivity index (χ0n) is 2.23. The molecule has 1 radical (unpaired) electrons. The summed E-state index contributed by atoms with van der Waals surface area (Å²) in [5.41, 5.74) is 0. The SMILES string of the molecule is [Co].[Cr].[Fe][Mo].[Ni].[W]. The number of hydrogen-bond donors (Lipinski definition) is 0. The van der Waals surface area contributed by atoms with Crippen LogP contribution in [0.15, 0.2) is 0 Å². The molecular weight excluding hydrogens is 505 g/mol. The molecule has 0 aliphatic heterocycles. The fourth-order valence-corrected chi connectivity index (χ4v) is 0. The van der Waals surface area contributed by atoms with Crippen molar-refractivity contribution in [3.8, 4) is 0 Å². The molecule has 0 heterocycles. The van der Waals surface area contributed by atoms with E-state index in [-0.39, 0.29) is 71.7 Å². The van der Waals surface area contributed by atoms with Gasteiger partial charge in [-0.2, -0.15) is 0 Å². The first-order chi connectivity index (χ1) is 1.00.